The van der Waals surface area contributed by atoms with E-state index in [0.29, 0.717) is 5.88 Å². The predicted molar refractivity (Wildman–Crippen MR) is 48.0 cm³/mol. The standard InChI is InChI=1S/C8H8BrNO2/c1-5-3-7(9)4-8(10-5)12-6(2)11/h3-4H,1-2H3. The molecule has 12 heavy (non-hydrogen) atoms. The Morgan fingerprint density at radius 1 is 1.58 bits per heavy atom. The van der Waals surface area contributed by atoms with Gasteiger partial charge in [-0.2, -0.15) is 0 Å². The van der Waals surface area contributed by atoms with Gasteiger partial charge in [0.2, 0.25) is 5.88 Å². The maximum atomic E-state index is 10.6. The molecule has 0 amide bonds. The molecule has 0 aromatic carbocycles. The van der Waals surface area contributed by atoms with E-state index in [-0.39, 0.29) is 5.97 Å². The van der Waals surface area contributed by atoms with Gasteiger partial charge in [0.05, 0.1) is 0 Å². The van der Waals surface area contributed by atoms with Gasteiger partial charge < -0.3 is 4.74 Å². The first-order valence-electron chi connectivity index (χ1n) is 3.40. The number of carbonyl (C=O) groups excluding carboxylic acids is 1. The van der Waals surface area contributed by atoms with E-state index in [2.05, 4.69) is 20.9 Å². The number of aryl methyl sites for hydroxylation is 1. The molecule has 0 aliphatic carbocycles. The van der Waals surface area contributed by atoms with E-state index in [1.165, 1.54) is 6.92 Å². The molecular weight excluding hydrogens is 222 g/mol. The first-order chi connectivity index (χ1) is 5.58. The van der Waals surface area contributed by atoms with Crippen LogP contribution >= 0.6 is 15.9 Å². The fourth-order valence-corrected chi connectivity index (χ4v) is 1.32. The minimum atomic E-state index is -0.361. The fourth-order valence-electron chi connectivity index (χ4n) is 0.797. The average Bonchev–Trinajstić information content (AvgIpc) is 1.81. The fraction of sp³-hybridized carbons (Fsp3) is 0.250. The van der Waals surface area contributed by atoms with E-state index in [4.69, 9.17) is 4.74 Å². The number of hydrogen-bond acceptors (Lipinski definition) is 3. The maximum Gasteiger partial charge on any atom is 0.309 e. The molecule has 1 aromatic heterocycles. The van der Waals surface area contributed by atoms with Crippen LogP contribution in [0.1, 0.15) is 12.6 Å². The highest BCUT2D eigenvalue weighted by Gasteiger charge is 2.01. The lowest BCUT2D eigenvalue weighted by atomic mass is 10.4. The van der Waals surface area contributed by atoms with Crippen molar-refractivity contribution in [3.63, 3.8) is 0 Å². The molecule has 0 aliphatic heterocycles. The Balaban J connectivity index is 2.93. The smallest absolute Gasteiger partial charge is 0.309 e. The van der Waals surface area contributed by atoms with Crippen LogP contribution in [0, 0.1) is 6.92 Å². The van der Waals surface area contributed by atoms with Crippen LogP contribution in [-0.2, 0) is 4.79 Å². The Morgan fingerprint density at radius 3 is 2.75 bits per heavy atom. The van der Waals surface area contributed by atoms with Crippen molar-refractivity contribution < 1.29 is 9.53 Å². The van der Waals surface area contributed by atoms with Crippen molar-refractivity contribution in [3.05, 3.63) is 22.3 Å². The van der Waals surface area contributed by atoms with Crippen LogP contribution in [0.2, 0.25) is 0 Å². The summed E-state index contributed by atoms with van der Waals surface area (Å²) >= 11 is 3.27. The van der Waals surface area contributed by atoms with Gasteiger partial charge in [-0.3, -0.25) is 4.79 Å². The molecule has 4 heteroatoms. The summed E-state index contributed by atoms with van der Waals surface area (Å²) in [5.74, 6) is -0.0330. The molecule has 0 spiro atoms. The Morgan fingerprint density at radius 2 is 2.25 bits per heavy atom. The van der Waals surface area contributed by atoms with Crippen LogP contribution in [0.3, 0.4) is 0 Å². The molecule has 1 heterocycles. The minimum Gasteiger partial charge on any atom is -0.408 e. The lowest BCUT2D eigenvalue weighted by molar-refractivity contribution is -0.132. The van der Waals surface area contributed by atoms with Crippen LogP contribution in [0.4, 0.5) is 0 Å². The molecule has 0 radical (unpaired) electrons. The Kier molecular flexibility index (Phi) is 2.81. The number of pyridine rings is 1. The molecule has 1 aromatic rings. The largest absolute Gasteiger partial charge is 0.408 e. The Bertz CT molecular complexity index is 292. The van der Waals surface area contributed by atoms with Gasteiger partial charge in [0, 0.05) is 23.2 Å². The topological polar surface area (TPSA) is 39.2 Å². The normalized spacial score (nSPS) is 9.58. The Labute approximate surface area is 78.9 Å². The SMILES string of the molecule is CC(=O)Oc1cc(Br)cc(C)n1. The zero-order valence-electron chi connectivity index (χ0n) is 6.80. The molecule has 0 N–H and O–H groups in total. The molecule has 3 nitrogen and oxygen atoms in total. The van der Waals surface area contributed by atoms with Gasteiger partial charge in [0.15, 0.2) is 0 Å². The summed E-state index contributed by atoms with van der Waals surface area (Å²) in [5, 5.41) is 0. The first kappa shape index (κ1) is 9.19. The number of rotatable bonds is 1. The van der Waals surface area contributed by atoms with Gasteiger partial charge in [-0.25, -0.2) is 4.98 Å². The van der Waals surface area contributed by atoms with Gasteiger partial charge >= 0.3 is 5.97 Å². The summed E-state index contributed by atoms with van der Waals surface area (Å²) in [5.41, 5.74) is 0.806. The second-order valence-corrected chi connectivity index (χ2v) is 3.27. The molecule has 0 fully saturated rings. The van der Waals surface area contributed by atoms with Crippen molar-refractivity contribution in [3.8, 4) is 5.88 Å². The molecule has 0 bridgehead atoms. The summed E-state index contributed by atoms with van der Waals surface area (Å²) in [6, 6.07) is 3.49. The van der Waals surface area contributed by atoms with Gasteiger partial charge in [-0.1, -0.05) is 15.9 Å². The molecule has 0 saturated heterocycles. The van der Waals surface area contributed by atoms with E-state index < -0.39 is 0 Å². The first-order valence-corrected chi connectivity index (χ1v) is 4.20. The quantitative estimate of drug-likeness (QED) is 0.693. The highest BCUT2D eigenvalue weighted by atomic mass is 79.9. The summed E-state index contributed by atoms with van der Waals surface area (Å²) in [4.78, 5) is 14.6. The number of nitrogens with zero attached hydrogens (tertiary/aromatic N) is 1. The van der Waals surface area contributed by atoms with Crippen molar-refractivity contribution >= 4 is 21.9 Å². The number of aromatic nitrogens is 1. The zero-order chi connectivity index (χ0) is 9.14. The van der Waals surface area contributed by atoms with Gasteiger partial charge in [0.1, 0.15) is 0 Å². The van der Waals surface area contributed by atoms with Crippen molar-refractivity contribution in [2.45, 2.75) is 13.8 Å². The third kappa shape index (κ3) is 2.62. The predicted octanol–water partition coefficient (Wildman–Crippen LogP) is 2.08. The van der Waals surface area contributed by atoms with Crippen molar-refractivity contribution in [1.82, 2.24) is 4.98 Å². The van der Waals surface area contributed by atoms with E-state index in [0.717, 1.165) is 10.2 Å². The Hall–Kier alpha value is -0.900. The van der Waals surface area contributed by atoms with Gasteiger partial charge in [0.25, 0.3) is 0 Å². The van der Waals surface area contributed by atoms with E-state index in [9.17, 15) is 4.79 Å². The number of halogens is 1. The third-order valence-electron chi connectivity index (χ3n) is 1.14. The van der Waals surface area contributed by atoms with Crippen LogP contribution in [0.15, 0.2) is 16.6 Å². The van der Waals surface area contributed by atoms with Crippen LogP contribution in [0.5, 0.6) is 5.88 Å². The summed E-state index contributed by atoms with van der Waals surface area (Å²) < 4.78 is 5.65. The second kappa shape index (κ2) is 3.67. The van der Waals surface area contributed by atoms with Gasteiger partial charge in [-0.15, -0.1) is 0 Å². The maximum absolute atomic E-state index is 10.6. The highest BCUT2D eigenvalue weighted by Crippen LogP contribution is 2.17. The summed E-state index contributed by atoms with van der Waals surface area (Å²) in [7, 11) is 0. The van der Waals surface area contributed by atoms with E-state index >= 15 is 0 Å². The molecule has 0 unspecified atom stereocenters. The summed E-state index contributed by atoms with van der Waals surface area (Å²) in [6.07, 6.45) is 0. The second-order valence-electron chi connectivity index (χ2n) is 2.36. The van der Waals surface area contributed by atoms with E-state index in [1.54, 1.807) is 6.07 Å². The summed E-state index contributed by atoms with van der Waals surface area (Å²) in [6.45, 7) is 3.18. The molecule has 1 rings (SSSR count). The van der Waals surface area contributed by atoms with Crippen LogP contribution in [0.25, 0.3) is 0 Å². The molecule has 0 atom stereocenters. The molecule has 0 saturated carbocycles. The number of carbonyl (C=O) groups is 1. The lowest BCUT2D eigenvalue weighted by Crippen LogP contribution is -2.03. The van der Waals surface area contributed by atoms with E-state index in [1.807, 2.05) is 13.0 Å². The van der Waals surface area contributed by atoms with Gasteiger partial charge in [-0.05, 0) is 13.0 Å². The monoisotopic (exact) mass is 229 g/mol. The van der Waals surface area contributed by atoms with Crippen molar-refractivity contribution in [2.24, 2.45) is 0 Å². The van der Waals surface area contributed by atoms with Crippen LogP contribution in [-0.4, -0.2) is 11.0 Å². The van der Waals surface area contributed by atoms with Crippen molar-refractivity contribution in [2.75, 3.05) is 0 Å². The number of hydrogen-bond donors (Lipinski definition) is 0. The van der Waals surface area contributed by atoms with Crippen molar-refractivity contribution in [1.29, 1.82) is 0 Å². The number of ether oxygens (including phenoxy) is 1. The third-order valence-corrected chi connectivity index (χ3v) is 1.60. The molecular formula is C8H8BrNO2. The molecule has 64 valence electrons. The average molecular weight is 230 g/mol. The minimum absolute atomic E-state index is 0.328. The lowest BCUT2D eigenvalue weighted by Gasteiger charge is -2.01. The highest BCUT2D eigenvalue weighted by molar-refractivity contribution is 9.10. The molecule has 0 aliphatic rings. The van der Waals surface area contributed by atoms with Crippen LogP contribution < -0.4 is 4.74 Å². The zero-order valence-corrected chi connectivity index (χ0v) is 8.38. The number of esters is 1.